The van der Waals surface area contributed by atoms with E-state index in [0.29, 0.717) is 5.02 Å². The van der Waals surface area contributed by atoms with Crippen LogP contribution in [0.2, 0.25) is 5.02 Å². The summed E-state index contributed by atoms with van der Waals surface area (Å²) in [6.45, 7) is 3.82. The molecule has 12 heteroatoms. The Labute approximate surface area is 181 Å². The number of urea groups is 1. The van der Waals surface area contributed by atoms with Crippen LogP contribution in [0.3, 0.4) is 0 Å². The number of halogens is 4. The molecule has 0 radical (unpaired) electrons. The molecular formula is C19H20ClF3N6O2. The highest BCUT2D eigenvalue weighted by Gasteiger charge is 2.42. The Kier molecular flexibility index (Phi) is 6.63. The van der Waals surface area contributed by atoms with Gasteiger partial charge in [-0.15, -0.1) is 0 Å². The first kappa shape index (κ1) is 22.7. The Hall–Kier alpha value is -2.95. The Balaban J connectivity index is 1.76. The molecule has 8 nitrogen and oxygen atoms in total. The van der Waals surface area contributed by atoms with Gasteiger partial charge in [0.15, 0.2) is 0 Å². The molecule has 3 heterocycles. The lowest BCUT2D eigenvalue weighted by molar-refractivity contribution is -0.137. The van der Waals surface area contributed by atoms with E-state index in [4.69, 9.17) is 11.6 Å². The molecule has 0 aromatic carbocycles. The summed E-state index contributed by atoms with van der Waals surface area (Å²) >= 11 is 5.80. The lowest BCUT2D eigenvalue weighted by atomic mass is 9.99. The average molecular weight is 457 g/mol. The van der Waals surface area contributed by atoms with Crippen LogP contribution in [0.15, 0.2) is 30.7 Å². The van der Waals surface area contributed by atoms with E-state index >= 15 is 0 Å². The lowest BCUT2D eigenvalue weighted by Gasteiger charge is -2.26. The molecule has 0 bridgehead atoms. The zero-order chi connectivity index (χ0) is 22.8. The average Bonchev–Trinajstić information content (AvgIpc) is 3.04. The molecule has 31 heavy (non-hydrogen) atoms. The third-order valence-electron chi connectivity index (χ3n) is 5.06. The number of aromatic nitrogens is 3. The molecule has 1 aliphatic rings. The molecule has 0 saturated carbocycles. The maximum Gasteiger partial charge on any atom is 0.416 e. The highest BCUT2D eigenvalue weighted by Crippen LogP contribution is 2.30. The van der Waals surface area contributed by atoms with Gasteiger partial charge < -0.3 is 10.2 Å². The Morgan fingerprint density at radius 2 is 2.00 bits per heavy atom. The molecule has 0 unspecified atom stereocenters. The van der Waals surface area contributed by atoms with Gasteiger partial charge in [-0.25, -0.2) is 19.7 Å². The summed E-state index contributed by atoms with van der Waals surface area (Å²) < 4.78 is 38.6. The van der Waals surface area contributed by atoms with Gasteiger partial charge in [0.25, 0.3) is 0 Å². The normalized spacial score (nSPS) is 17.7. The topological polar surface area (TPSA) is 91.3 Å². The van der Waals surface area contributed by atoms with Crippen LogP contribution in [-0.4, -0.2) is 50.9 Å². The van der Waals surface area contributed by atoms with Crippen LogP contribution in [0.1, 0.15) is 25.8 Å². The quantitative estimate of drug-likeness (QED) is 0.713. The van der Waals surface area contributed by atoms with E-state index in [0.717, 1.165) is 24.8 Å². The Bertz CT molecular complexity index is 956. The molecule has 2 aromatic rings. The van der Waals surface area contributed by atoms with Crippen LogP contribution in [0.5, 0.6) is 0 Å². The molecule has 1 fully saturated rings. The molecule has 3 rings (SSSR count). The standard InChI is InChI=1S/C19H20ClF3N6O2/c1-3-11(2)14-9-29(17-25-7-13(20)8-26-17)18(31)28(14)10-16(30)27-15-6-12(4-5-24-15)19(21,22)23/h4-8,11,14H,3,9-10H2,1-2H3,(H,24,27,30)/t11-,14+/m0/s1. The zero-order valence-corrected chi connectivity index (χ0v) is 17.5. The summed E-state index contributed by atoms with van der Waals surface area (Å²) in [5.74, 6) is -0.692. The maximum atomic E-state index is 13.0. The summed E-state index contributed by atoms with van der Waals surface area (Å²) in [7, 11) is 0. The van der Waals surface area contributed by atoms with E-state index in [2.05, 4.69) is 20.3 Å². The van der Waals surface area contributed by atoms with Gasteiger partial charge in [0, 0.05) is 6.20 Å². The minimum absolute atomic E-state index is 0.0562. The molecule has 1 N–H and O–H groups in total. The van der Waals surface area contributed by atoms with Gasteiger partial charge in [-0.1, -0.05) is 31.9 Å². The van der Waals surface area contributed by atoms with Gasteiger partial charge >= 0.3 is 12.2 Å². The highest BCUT2D eigenvalue weighted by molar-refractivity contribution is 6.30. The second-order valence-corrected chi connectivity index (χ2v) is 7.59. The zero-order valence-electron chi connectivity index (χ0n) is 16.7. The SMILES string of the molecule is CC[C@H](C)[C@H]1CN(c2ncc(Cl)cn2)C(=O)N1CC(=O)Nc1cc(C(F)(F)F)ccn1. The fraction of sp³-hybridized carbons (Fsp3) is 0.421. The first-order valence-electron chi connectivity index (χ1n) is 9.49. The number of hydrogen-bond donors (Lipinski definition) is 1. The molecule has 1 saturated heterocycles. The fourth-order valence-electron chi connectivity index (χ4n) is 3.23. The number of pyridine rings is 1. The summed E-state index contributed by atoms with van der Waals surface area (Å²) in [6, 6.07) is 0.767. The van der Waals surface area contributed by atoms with Gasteiger partial charge in [-0.2, -0.15) is 13.2 Å². The van der Waals surface area contributed by atoms with Crippen LogP contribution in [-0.2, 0) is 11.0 Å². The molecule has 166 valence electrons. The number of amides is 3. The van der Waals surface area contributed by atoms with Gasteiger partial charge in [-0.05, 0) is 18.1 Å². The number of nitrogens with one attached hydrogen (secondary N) is 1. The number of carbonyl (C=O) groups is 2. The molecule has 1 aliphatic heterocycles. The third-order valence-corrected chi connectivity index (χ3v) is 5.26. The second kappa shape index (κ2) is 9.04. The number of hydrogen-bond acceptors (Lipinski definition) is 5. The number of rotatable bonds is 6. The summed E-state index contributed by atoms with van der Waals surface area (Å²) in [4.78, 5) is 40.1. The van der Waals surface area contributed by atoms with Crippen LogP contribution in [0.4, 0.5) is 29.7 Å². The second-order valence-electron chi connectivity index (χ2n) is 7.15. The first-order chi connectivity index (χ1) is 14.6. The molecule has 0 spiro atoms. The Morgan fingerprint density at radius 3 is 2.61 bits per heavy atom. The number of anilines is 2. The highest BCUT2D eigenvalue weighted by atomic mass is 35.5. The molecule has 0 aliphatic carbocycles. The van der Waals surface area contributed by atoms with Crippen molar-refractivity contribution >= 4 is 35.3 Å². The molecule has 3 amide bonds. The van der Waals surface area contributed by atoms with Crippen molar-refractivity contribution in [1.82, 2.24) is 19.9 Å². The van der Waals surface area contributed by atoms with E-state index in [1.54, 1.807) is 0 Å². The predicted octanol–water partition coefficient (Wildman–Crippen LogP) is 3.84. The monoisotopic (exact) mass is 456 g/mol. The Morgan fingerprint density at radius 1 is 1.32 bits per heavy atom. The van der Waals surface area contributed by atoms with Gasteiger partial charge in [0.2, 0.25) is 11.9 Å². The minimum Gasteiger partial charge on any atom is -0.310 e. The van der Waals surface area contributed by atoms with Crippen molar-refractivity contribution in [3.8, 4) is 0 Å². The molecular weight excluding hydrogens is 437 g/mol. The number of carbonyl (C=O) groups excluding carboxylic acids is 2. The summed E-state index contributed by atoms with van der Waals surface area (Å²) in [5, 5.41) is 2.65. The summed E-state index contributed by atoms with van der Waals surface area (Å²) in [5.41, 5.74) is -0.932. The first-order valence-corrected chi connectivity index (χ1v) is 9.86. The van der Waals surface area contributed by atoms with Crippen molar-refractivity contribution < 1.29 is 22.8 Å². The lowest BCUT2D eigenvalue weighted by Crippen LogP contribution is -2.43. The smallest absolute Gasteiger partial charge is 0.310 e. The van der Waals surface area contributed by atoms with Crippen LogP contribution < -0.4 is 10.2 Å². The van der Waals surface area contributed by atoms with Gasteiger partial charge in [0.1, 0.15) is 12.4 Å². The van der Waals surface area contributed by atoms with Crippen LogP contribution in [0, 0.1) is 5.92 Å². The van der Waals surface area contributed by atoms with Crippen molar-refractivity contribution in [3.05, 3.63) is 41.3 Å². The van der Waals surface area contributed by atoms with Crippen LogP contribution >= 0.6 is 11.6 Å². The van der Waals surface area contributed by atoms with Gasteiger partial charge in [0.05, 0.1) is 35.6 Å². The summed E-state index contributed by atoms with van der Waals surface area (Å²) in [6.07, 6.45) is -0.121. The largest absolute Gasteiger partial charge is 0.416 e. The maximum absolute atomic E-state index is 13.0. The van der Waals surface area contributed by atoms with Crippen molar-refractivity contribution in [2.75, 3.05) is 23.3 Å². The van der Waals surface area contributed by atoms with Gasteiger partial charge in [-0.3, -0.25) is 9.69 Å². The van der Waals surface area contributed by atoms with E-state index < -0.39 is 23.7 Å². The third kappa shape index (κ3) is 5.22. The number of alkyl halides is 3. The van der Waals surface area contributed by atoms with E-state index in [1.807, 2.05) is 13.8 Å². The van der Waals surface area contributed by atoms with E-state index in [9.17, 15) is 22.8 Å². The molecule has 2 atom stereocenters. The van der Waals surface area contributed by atoms with Crippen molar-refractivity contribution in [2.24, 2.45) is 5.92 Å². The van der Waals surface area contributed by atoms with E-state index in [1.165, 1.54) is 22.2 Å². The van der Waals surface area contributed by atoms with Crippen molar-refractivity contribution in [1.29, 1.82) is 0 Å². The van der Waals surface area contributed by atoms with Crippen molar-refractivity contribution in [3.63, 3.8) is 0 Å². The van der Waals surface area contributed by atoms with Crippen molar-refractivity contribution in [2.45, 2.75) is 32.5 Å². The van der Waals surface area contributed by atoms with E-state index in [-0.39, 0.29) is 36.8 Å². The predicted molar refractivity (Wildman–Crippen MR) is 108 cm³/mol. The minimum atomic E-state index is -4.56. The number of nitrogens with zero attached hydrogens (tertiary/aromatic N) is 5. The molecule has 2 aromatic heterocycles. The fourth-order valence-corrected chi connectivity index (χ4v) is 3.33. The van der Waals surface area contributed by atoms with Crippen LogP contribution in [0.25, 0.3) is 0 Å².